The Bertz CT molecular complexity index is 563. The average Bonchev–Trinajstić information content (AvgIpc) is 2.51. The van der Waals surface area contributed by atoms with Crippen molar-refractivity contribution in [3.63, 3.8) is 0 Å². The number of hydrogen-bond donors (Lipinski definition) is 1. The maximum atomic E-state index is 13.4. The number of benzene rings is 1. The van der Waals surface area contributed by atoms with Crippen molar-refractivity contribution in [2.24, 2.45) is 0 Å². The van der Waals surface area contributed by atoms with Crippen molar-refractivity contribution >= 4 is 11.6 Å². The Labute approximate surface area is 140 Å². The maximum Gasteiger partial charge on any atom is 0.285 e. The SMILES string of the molecule is CC[N+]1(C2(C(=O)Nc3c(C)cccc3C)CCC2)CCCCC1. The number of amides is 1. The van der Waals surface area contributed by atoms with Crippen LogP contribution in [0.5, 0.6) is 0 Å². The molecule has 1 aliphatic carbocycles. The molecule has 1 N–H and O–H groups in total. The summed E-state index contributed by atoms with van der Waals surface area (Å²) in [5.41, 5.74) is 3.17. The van der Waals surface area contributed by atoms with Gasteiger partial charge in [-0.25, -0.2) is 0 Å². The van der Waals surface area contributed by atoms with Crippen molar-refractivity contribution in [3.05, 3.63) is 29.3 Å². The molecule has 3 nitrogen and oxygen atoms in total. The number of carbonyl (C=O) groups is 1. The normalized spacial score (nSPS) is 22.2. The number of hydrogen-bond acceptors (Lipinski definition) is 1. The van der Waals surface area contributed by atoms with Crippen molar-refractivity contribution in [2.45, 2.75) is 64.8 Å². The van der Waals surface area contributed by atoms with Crippen molar-refractivity contribution in [1.29, 1.82) is 0 Å². The van der Waals surface area contributed by atoms with Crippen LogP contribution in [0, 0.1) is 13.8 Å². The summed E-state index contributed by atoms with van der Waals surface area (Å²) in [6.07, 6.45) is 7.17. The van der Waals surface area contributed by atoms with Gasteiger partial charge in [-0.3, -0.25) is 4.79 Å². The van der Waals surface area contributed by atoms with Gasteiger partial charge in [0.2, 0.25) is 0 Å². The van der Waals surface area contributed by atoms with Crippen molar-refractivity contribution < 1.29 is 9.28 Å². The second-order valence-corrected chi connectivity index (χ2v) is 7.58. The summed E-state index contributed by atoms with van der Waals surface area (Å²) >= 11 is 0. The first kappa shape index (κ1) is 16.5. The van der Waals surface area contributed by atoms with E-state index in [9.17, 15) is 4.79 Å². The molecule has 126 valence electrons. The molecule has 1 saturated heterocycles. The molecular weight excluding hydrogens is 284 g/mol. The van der Waals surface area contributed by atoms with Crippen molar-refractivity contribution in [3.8, 4) is 0 Å². The smallest absolute Gasteiger partial charge is 0.285 e. The molecule has 1 aliphatic heterocycles. The molecule has 0 bridgehead atoms. The van der Waals surface area contributed by atoms with Crippen LogP contribution >= 0.6 is 0 Å². The number of carbonyl (C=O) groups excluding carboxylic acids is 1. The van der Waals surface area contributed by atoms with Crippen LogP contribution in [-0.4, -0.2) is 35.6 Å². The highest BCUT2D eigenvalue weighted by molar-refractivity contribution is 5.99. The van der Waals surface area contributed by atoms with Gasteiger partial charge in [0.05, 0.1) is 19.6 Å². The third-order valence-corrected chi connectivity index (χ3v) is 6.51. The van der Waals surface area contributed by atoms with E-state index in [4.69, 9.17) is 0 Å². The lowest BCUT2D eigenvalue weighted by Gasteiger charge is -2.57. The van der Waals surface area contributed by atoms with E-state index in [0.717, 1.165) is 40.7 Å². The van der Waals surface area contributed by atoms with E-state index in [1.807, 2.05) is 0 Å². The Morgan fingerprint density at radius 2 is 1.70 bits per heavy atom. The fraction of sp³-hybridized carbons (Fsp3) is 0.650. The fourth-order valence-electron chi connectivity index (χ4n) is 4.83. The first-order chi connectivity index (χ1) is 11.0. The molecule has 1 aromatic rings. The number of anilines is 1. The minimum absolute atomic E-state index is 0.177. The molecule has 0 atom stereocenters. The number of para-hydroxylation sites is 1. The predicted molar refractivity (Wildman–Crippen MR) is 95.5 cm³/mol. The van der Waals surface area contributed by atoms with E-state index in [1.54, 1.807) is 0 Å². The monoisotopic (exact) mass is 315 g/mol. The number of nitrogens with one attached hydrogen (secondary N) is 1. The second-order valence-electron chi connectivity index (χ2n) is 7.58. The zero-order valence-corrected chi connectivity index (χ0v) is 15.0. The molecule has 23 heavy (non-hydrogen) atoms. The Morgan fingerprint density at radius 3 is 2.17 bits per heavy atom. The van der Waals surface area contributed by atoms with Crippen LogP contribution in [0.3, 0.4) is 0 Å². The summed E-state index contributed by atoms with van der Waals surface area (Å²) in [5, 5.41) is 3.32. The van der Waals surface area contributed by atoms with Gasteiger partial charge < -0.3 is 9.80 Å². The number of likely N-dealkylation sites (N-methyl/N-ethyl adjacent to an activating group) is 1. The topological polar surface area (TPSA) is 29.1 Å². The van der Waals surface area contributed by atoms with Crippen molar-refractivity contribution in [1.82, 2.24) is 0 Å². The molecule has 1 amide bonds. The lowest BCUT2D eigenvalue weighted by Crippen LogP contribution is -2.73. The molecule has 0 spiro atoms. The van der Waals surface area contributed by atoms with E-state index in [0.29, 0.717) is 0 Å². The molecule has 2 fully saturated rings. The van der Waals surface area contributed by atoms with E-state index in [-0.39, 0.29) is 11.4 Å². The molecule has 0 unspecified atom stereocenters. The summed E-state index contributed by atoms with van der Waals surface area (Å²) in [7, 11) is 0. The van der Waals surface area contributed by atoms with Gasteiger partial charge in [0, 0.05) is 18.5 Å². The standard InChI is InChI=1S/C20H30N2O/c1-4-22(14-6-5-7-15-22)20(12-9-13-20)19(23)21-18-16(2)10-8-11-17(18)3/h8,10-11H,4-7,9,12-15H2,1-3H3/p+1. The van der Waals surface area contributed by atoms with Crippen LogP contribution in [0.4, 0.5) is 5.69 Å². The third-order valence-electron chi connectivity index (χ3n) is 6.51. The Kier molecular flexibility index (Phi) is 4.50. The highest BCUT2D eigenvalue weighted by Gasteiger charge is 2.59. The highest BCUT2D eigenvalue weighted by Crippen LogP contribution is 2.46. The first-order valence-corrected chi connectivity index (χ1v) is 9.28. The van der Waals surface area contributed by atoms with Gasteiger partial charge in [0.15, 0.2) is 5.54 Å². The number of likely N-dealkylation sites (tertiary alicyclic amines) is 1. The van der Waals surface area contributed by atoms with E-state index >= 15 is 0 Å². The van der Waals surface area contributed by atoms with E-state index in [2.05, 4.69) is 44.3 Å². The van der Waals surface area contributed by atoms with Crippen LogP contribution in [0.2, 0.25) is 0 Å². The molecular formula is C20H31N2O+. The highest BCUT2D eigenvalue weighted by atomic mass is 16.2. The fourth-order valence-corrected chi connectivity index (χ4v) is 4.83. The zero-order valence-electron chi connectivity index (χ0n) is 15.0. The summed E-state index contributed by atoms with van der Waals surface area (Å²) in [6, 6.07) is 6.23. The predicted octanol–water partition coefficient (Wildman–Crippen LogP) is 4.19. The minimum atomic E-state index is -0.177. The van der Waals surface area contributed by atoms with Gasteiger partial charge in [-0.05, 0) is 57.6 Å². The summed E-state index contributed by atoms with van der Waals surface area (Å²) in [6.45, 7) is 9.88. The molecule has 2 aliphatic rings. The van der Waals surface area contributed by atoms with Crippen LogP contribution in [0.25, 0.3) is 0 Å². The van der Waals surface area contributed by atoms with E-state index < -0.39 is 0 Å². The second kappa shape index (κ2) is 6.27. The van der Waals surface area contributed by atoms with Gasteiger partial charge in [-0.1, -0.05) is 18.2 Å². The van der Waals surface area contributed by atoms with Gasteiger partial charge in [0.25, 0.3) is 5.91 Å². The Balaban J connectivity index is 1.89. The van der Waals surface area contributed by atoms with Crippen LogP contribution in [-0.2, 0) is 4.79 Å². The zero-order chi connectivity index (χ0) is 16.5. The van der Waals surface area contributed by atoms with Crippen LogP contribution < -0.4 is 5.32 Å². The Hall–Kier alpha value is -1.35. The van der Waals surface area contributed by atoms with Crippen LogP contribution in [0.1, 0.15) is 56.6 Å². The number of nitrogens with zero attached hydrogens (tertiary/aromatic N) is 1. The lowest BCUT2D eigenvalue weighted by atomic mass is 9.71. The van der Waals surface area contributed by atoms with Gasteiger partial charge >= 0.3 is 0 Å². The van der Waals surface area contributed by atoms with Crippen LogP contribution in [0.15, 0.2) is 18.2 Å². The Morgan fingerprint density at radius 1 is 1.09 bits per heavy atom. The number of aryl methyl sites for hydroxylation is 2. The van der Waals surface area contributed by atoms with E-state index in [1.165, 1.54) is 38.8 Å². The number of quaternary nitrogens is 1. The summed E-state index contributed by atoms with van der Waals surface area (Å²) in [5.74, 6) is 0.268. The molecule has 0 radical (unpaired) electrons. The molecule has 3 heteroatoms. The summed E-state index contributed by atoms with van der Waals surface area (Å²) in [4.78, 5) is 13.4. The molecule has 1 aromatic carbocycles. The van der Waals surface area contributed by atoms with Gasteiger partial charge in [-0.2, -0.15) is 0 Å². The quantitative estimate of drug-likeness (QED) is 0.830. The average molecular weight is 315 g/mol. The third kappa shape index (κ3) is 2.59. The number of rotatable bonds is 4. The molecule has 1 saturated carbocycles. The van der Waals surface area contributed by atoms with Crippen molar-refractivity contribution in [2.75, 3.05) is 25.0 Å². The lowest BCUT2D eigenvalue weighted by molar-refractivity contribution is -0.974. The first-order valence-electron chi connectivity index (χ1n) is 9.28. The molecule has 1 heterocycles. The number of piperidine rings is 1. The van der Waals surface area contributed by atoms with Gasteiger partial charge in [0.1, 0.15) is 0 Å². The molecule has 3 rings (SSSR count). The van der Waals surface area contributed by atoms with Gasteiger partial charge in [-0.15, -0.1) is 0 Å². The largest absolute Gasteiger partial charge is 0.320 e. The molecule has 0 aromatic heterocycles. The summed E-state index contributed by atoms with van der Waals surface area (Å²) < 4.78 is 1.02. The minimum Gasteiger partial charge on any atom is -0.320 e. The maximum absolute atomic E-state index is 13.4.